The Bertz CT molecular complexity index is 622. The van der Waals surface area contributed by atoms with E-state index in [-0.39, 0.29) is 23.6 Å². The molecule has 0 aromatic heterocycles. The van der Waals surface area contributed by atoms with Crippen molar-refractivity contribution in [3.8, 4) is 0 Å². The summed E-state index contributed by atoms with van der Waals surface area (Å²) in [5, 5.41) is 2.94. The minimum atomic E-state index is -0.926. The number of carbonyl (C=O) groups excluding carboxylic acids is 2. The number of thioether (sulfide) groups is 1. The van der Waals surface area contributed by atoms with E-state index in [9.17, 15) is 18.4 Å². The normalized spacial score (nSPS) is 20.6. The van der Waals surface area contributed by atoms with Crippen LogP contribution in [0.4, 0.5) is 8.78 Å². The van der Waals surface area contributed by atoms with Crippen molar-refractivity contribution in [3.05, 3.63) is 29.8 Å². The monoisotopic (exact) mass is 340 g/mol. The molecule has 4 nitrogen and oxygen atoms in total. The van der Waals surface area contributed by atoms with Crippen LogP contribution in [0.5, 0.6) is 0 Å². The van der Waals surface area contributed by atoms with E-state index in [0.717, 1.165) is 43.2 Å². The molecular weight excluding hydrogens is 322 g/mol. The largest absolute Gasteiger partial charge is 0.352 e. The molecule has 1 heterocycles. The Kier molecular flexibility index (Phi) is 4.84. The fourth-order valence-electron chi connectivity index (χ4n) is 2.66. The molecule has 23 heavy (non-hydrogen) atoms. The van der Waals surface area contributed by atoms with Gasteiger partial charge in [0.2, 0.25) is 11.8 Å². The van der Waals surface area contributed by atoms with Crippen LogP contribution in [0.15, 0.2) is 23.1 Å². The number of rotatable bonds is 5. The first-order valence-corrected chi connectivity index (χ1v) is 8.71. The van der Waals surface area contributed by atoms with Gasteiger partial charge in [0.15, 0.2) is 11.6 Å². The topological polar surface area (TPSA) is 49.4 Å². The van der Waals surface area contributed by atoms with E-state index in [1.807, 2.05) is 0 Å². The quantitative estimate of drug-likeness (QED) is 0.837. The second kappa shape index (κ2) is 6.86. The molecule has 1 N–H and O–H groups in total. The maximum absolute atomic E-state index is 13.2. The molecule has 1 saturated carbocycles. The summed E-state index contributed by atoms with van der Waals surface area (Å²) >= 11 is 1.15. The van der Waals surface area contributed by atoms with Gasteiger partial charge in [-0.2, -0.15) is 0 Å². The number of nitrogens with zero attached hydrogens (tertiary/aromatic N) is 1. The molecule has 1 aromatic carbocycles. The van der Waals surface area contributed by atoms with E-state index in [4.69, 9.17) is 0 Å². The molecule has 1 aliphatic heterocycles. The molecule has 2 amide bonds. The van der Waals surface area contributed by atoms with Gasteiger partial charge in [0.25, 0.3) is 0 Å². The molecule has 3 rings (SSSR count). The number of nitrogens with one attached hydrogen (secondary N) is 1. The Morgan fingerprint density at radius 2 is 2.00 bits per heavy atom. The third-order valence-corrected chi connectivity index (χ3v) is 5.03. The SMILES string of the molecule is O=C(NC1CC1)C1CCCN1C(=O)CSc1ccc(F)c(F)c1. The van der Waals surface area contributed by atoms with Crippen molar-refractivity contribution < 1.29 is 18.4 Å². The molecule has 2 aliphatic rings. The molecule has 2 fully saturated rings. The lowest BCUT2D eigenvalue weighted by Crippen LogP contribution is -2.47. The molecule has 1 unspecified atom stereocenters. The molecule has 0 bridgehead atoms. The molecule has 7 heteroatoms. The van der Waals surface area contributed by atoms with Gasteiger partial charge in [-0.3, -0.25) is 9.59 Å². The highest BCUT2D eigenvalue weighted by atomic mass is 32.2. The van der Waals surface area contributed by atoms with Gasteiger partial charge in [0.1, 0.15) is 6.04 Å². The van der Waals surface area contributed by atoms with Crippen molar-refractivity contribution in [2.24, 2.45) is 0 Å². The summed E-state index contributed by atoms with van der Waals surface area (Å²) in [7, 11) is 0. The average molecular weight is 340 g/mol. The summed E-state index contributed by atoms with van der Waals surface area (Å²) in [5.74, 6) is -1.94. The molecule has 124 valence electrons. The minimum Gasteiger partial charge on any atom is -0.352 e. The molecule has 1 aliphatic carbocycles. The molecular formula is C16H18F2N2O2S. The van der Waals surface area contributed by atoms with Gasteiger partial charge in [-0.15, -0.1) is 11.8 Å². The molecule has 1 aromatic rings. The van der Waals surface area contributed by atoms with E-state index in [0.29, 0.717) is 17.9 Å². The van der Waals surface area contributed by atoms with Crippen molar-refractivity contribution in [1.29, 1.82) is 0 Å². The Balaban J connectivity index is 1.55. The minimum absolute atomic E-state index is 0.0730. The average Bonchev–Trinajstić information content (AvgIpc) is 3.20. The summed E-state index contributed by atoms with van der Waals surface area (Å²) in [6, 6.07) is 3.45. The van der Waals surface area contributed by atoms with Crippen molar-refractivity contribution >= 4 is 23.6 Å². The first-order chi connectivity index (χ1) is 11.0. The zero-order valence-electron chi connectivity index (χ0n) is 12.6. The van der Waals surface area contributed by atoms with Gasteiger partial charge >= 0.3 is 0 Å². The van der Waals surface area contributed by atoms with E-state index < -0.39 is 17.7 Å². The smallest absolute Gasteiger partial charge is 0.243 e. The summed E-state index contributed by atoms with van der Waals surface area (Å²) in [6.45, 7) is 0.569. The van der Waals surface area contributed by atoms with Crippen molar-refractivity contribution in [1.82, 2.24) is 10.2 Å². The van der Waals surface area contributed by atoms with Crippen LogP contribution in [0, 0.1) is 11.6 Å². The number of hydrogen-bond acceptors (Lipinski definition) is 3. The van der Waals surface area contributed by atoms with Crippen molar-refractivity contribution in [2.45, 2.75) is 42.7 Å². The van der Waals surface area contributed by atoms with E-state index >= 15 is 0 Å². The number of carbonyl (C=O) groups is 2. The number of amides is 2. The molecule has 0 spiro atoms. The highest BCUT2D eigenvalue weighted by molar-refractivity contribution is 8.00. The number of benzene rings is 1. The number of hydrogen-bond donors (Lipinski definition) is 1. The predicted molar refractivity (Wildman–Crippen MR) is 83.0 cm³/mol. The van der Waals surface area contributed by atoms with Crippen LogP contribution in [-0.2, 0) is 9.59 Å². The van der Waals surface area contributed by atoms with Crippen LogP contribution in [0.3, 0.4) is 0 Å². The van der Waals surface area contributed by atoms with Crippen molar-refractivity contribution in [2.75, 3.05) is 12.3 Å². The van der Waals surface area contributed by atoms with Crippen LogP contribution in [0.1, 0.15) is 25.7 Å². The van der Waals surface area contributed by atoms with E-state index in [2.05, 4.69) is 5.32 Å². The fourth-order valence-corrected chi connectivity index (χ4v) is 3.46. The maximum Gasteiger partial charge on any atom is 0.243 e. The zero-order chi connectivity index (χ0) is 16.4. The standard InChI is InChI=1S/C16H18F2N2O2S/c17-12-6-5-11(8-13(12)18)23-9-15(21)20-7-1-2-14(20)16(22)19-10-3-4-10/h5-6,8,10,14H,1-4,7,9H2,(H,19,22). The maximum atomic E-state index is 13.2. The lowest BCUT2D eigenvalue weighted by molar-refractivity contribution is -0.136. The van der Waals surface area contributed by atoms with Gasteiger partial charge in [-0.1, -0.05) is 0 Å². The summed E-state index contributed by atoms with van der Waals surface area (Å²) in [4.78, 5) is 26.6. The lowest BCUT2D eigenvalue weighted by Gasteiger charge is -2.23. The van der Waals surface area contributed by atoms with E-state index in [1.165, 1.54) is 6.07 Å². The predicted octanol–water partition coefficient (Wildman–Crippen LogP) is 2.33. The van der Waals surface area contributed by atoms with Crippen LogP contribution in [-0.4, -0.2) is 41.1 Å². The van der Waals surface area contributed by atoms with Crippen LogP contribution >= 0.6 is 11.8 Å². The fraction of sp³-hybridized carbons (Fsp3) is 0.500. The number of likely N-dealkylation sites (tertiary alicyclic amines) is 1. The Morgan fingerprint density at radius 3 is 2.70 bits per heavy atom. The Hall–Kier alpha value is -1.63. The zero-order valence-corrected chi connectivity index (χ0v) is 13.4. The summed E-state index contributed by atoms with van der Waals surface area (Å²) in [6.07, 6.45) is 3.52. The first-order valence-electron chi connectivity index (χ1n) is 7.72. The number of halogens is 2. The Morgan fingerprint density at radius 1 is 1.22 bits per heavy atom. The van der Waals surface area contributed by atoms with Gasteiger partial charge in [0.05, 0.1) is 5.75 Å². The molecule has 1 saturated heterocycles. The molecule has 0 radical (unpaired) electrons. The van der Waals surface area contributed by atoms with Gasteiger partial charge in [0, 0.05) is 17.5 Å². The summed E-state index contributed by atoms with van der Waals surface area (Å²) in [5.41, 5.74) is 0. The third kappa shape index (κ3) is 4.02. The third-order valence-electron chi connectivity index (χ3n) is 4.05. The van der Waals surface area contributed by atoms with Gasteiger partial charge in [-0.25, -0.2) is 8.78 Å². The van der Waals surface area contributed by atoms with Gasteiger partial charge in [-0.05, 0) is 43.9 Å². The Labute approximate surface area is 137 Å². The van der Waals surface area contributed by atoms with E-state index in [1.54, 1.807) is 4.90 Å². The van der Waals surface area contributed by atoms with Crippen LogP contribution in [0.2, 0.25) is 0 Å². The highest BCUT2D eigenvalue weighted by Gasteiger charge is 2.36. The first kappa shape index (κ1) is 16.2. The second-order valence-corrected chi connectivity index (χ2v) is 6.94. The highest BCUT2D eigenvalue weighted by Crippen LogP contribution is 2.25. The second-order valence-electron chi connectivity index (χ2n) is 5.89. The molecule has 1 atom stereocenters. The summed E-state index contributed by atoms with van der Waals surface area (Å²) < 4.78 is 26.1. The van der Waals surface area contributed by atoms with Crippen LogP contribution < -0.4 is 5.32 Å². The van der Waals surface area contributed by atoms with Gasteiger partial charge < -0.3 is 10.2 Å². The van der Waals surface area contributed by atoms with Crippen LogP contribution in [0.25, 0.3) is 0 Å². The lowest BCUT2D eigenvalue weighted by atomic mass is 10.2. The van der Waals surface area contributed by atoms with Crippen molar-refractivity contribution in [3.63, 3.8) is 0 Å².